The molecule has 3 aromatic rings. The van der Waals surface area contributed by atoms with Crippen LogP contribution in [0.2, 0.25) is 0 Å². The summed E-state index contributed by atoms with van der Waals surface area (Å²) >= 11 is 6.30. The molecule has 0 spiro atoms. The predicted octanol–water partition coefficient (Wildman–Crippen LogP) is 4.29. The number of hydrogen-bond acceptors (Lipinski definition) is 6. The highest BCUT2D eigenvalue weighted by Gasteiger charge is 2.09. The molecule has 0 unspecified atom stereocenters. The average Bonchev–Trinajstić information content (AvgIpc) is 3.01. The second kappa shape index (κ2) is 7.21. The van der Waals surface area contributed by atoms with Crippen LogP contribution in [-0.2, 0) is 16.1 Å². The summed E-state index contributed by atoms with van der Waals surface area (Å²) in [7, 11) is 0. The number of hydrogen-bond donors (Lipinski definition) is 0. The fourth-order valence-corrected chi connectivity index (χ4v) is 3.64. The predicted molar refractivity (Wildman–Crippen MR) is 92.1 cm³/mol. The molecule has 7 heteroatoms. The maximum Gasteiger partial charge on any atom is 0.316 e. The molecule has 0 amide bonds. The Morgan fingerprint density at radius 3 is 2.86 bits per heavy atom. The van der Waals surface area contributed by atoms with Crippen molar-refractivity contribution in [1.29, 1.82) is 0 Å². The van der Waals surface area contributed by atoms with Gasteiger partial charge in [-0.05, 0) is 29.1 Å². The molecule has 2 aromatic heterocycles. The minimum absolute atomic E-state index is 0.235. The maximum absolute atomic E-state index is 11.8. The molecular formula is C15H11BrN2O2S2. The van der Waals surface area contributed by atoms with E-state index >= 15 is 0 Å². The summed E-state index contributed by atoms with van der Waals surface area (Å²) in [5.41, 5.74) is 0.962. The summed E-state index contributed by atoms with van der Waals surface area (Å²) in [4.78, 5) is 21.2. The summed E-state index contributed by atoms with van der Waals surface area (Å²) in [6.07, 6.45) is 1.52. The number of fused-ring (bicyclic) bond motifs is 1. The first-order valence-corrected chi connectivity index (χ1v) is 9.09. The zero-order valence-corrected chi connectivity index (χ0v) is 14.6. The third kappa shape index (κ3) is 3.85. The van der Waals surface area contributed by atoms with E-state index in [2.05, 4.69) is 25.9 Å². The Kier molecular flexibility index (Phi) is 5.07. The largest absolute Gasteiger partial charge is 0.460 e. The SMILES string of the molecule is O=C(CSc1ncnc2sccc12)OCc1ccc(Br)cc1. The van der Waals surface area contributed by atoms with Gasteiger partial charge >= 0.3 is 5.97 Å². The van der Waals surface area contributed by atoms with Crippen molar-refractivity contribution in [3.8, 4) is 0 Å². The van der Waals surface area contributed by atoms with Crippen LogP contribution in [0.4, 0.5) is 0 Å². The standard InChI is InChI=1S/C15H11BrN2O2S2/c16-11-3-1-10(2-4-11)7-20-13(19)8-22-15-12-5-6-21-14(12)17-9-18-15/h1-6,9H,7-8H2. The van der Waals surface area contributed by atoms with E-state index in [4.69, 9.17) is 4.74 Å². The van der Waals surface area contributed by atoms with Gasteiger partial charge in [-0.2, -0.15) is 0 Å². The van der Waals surface area contributed by atoms with E-state index in [1.54, 1.807) is 11.3 Å². The van der Waals surface area contributed by atoms with Gasteiger partial charge in [0.15, 0.2) is 0 Å². The van der Waals surface area contributed by atoms with Crippen LogP contribution in [0.3, 0.4) is 0 Å². The molecule has 2 heterocycles. The van der Waals surface area contributed by atoms with Crippen molar-refractivity contribution in [2.45, 2.75) is 11.6 Å². The average molecular weight is 395 g/mol. The maximum atomic E-state index is 11.8. The lowest BCUT2D eigenvalue weighted by molar-refractivity contribution is -0.141. The molecule has 0 bridgehead atoms. The summed E-state index contributed by atoms with van der Waals surface area (Å²) in [5, 5.41) is 3.76. The first-order chi connectivity index (χ1) is 10.7. The minimum atomic E-state index is -0.255. The first kappa shape index (κ1) is 15.5. The van der Waals surface area contributed by atoms with Crippen LogP contribution in [0.1, 0.15) is 5.56 Å². The Bertz CT molecular complexity index is 790. The zero-order chi connectivity index (χ0) is 15.4. The molecule has 0 radical (unpaired) electrons. The van der Waals surface area contributed by atoms with Crippen LogP contribution in [-0.4, -0.2) is 21.7 Å². The van der Waals surface area contributed by atoms with Gasteiger partial charge in [-0.3, -0.25) is 4.79 Å². The number of esters is 1. The number of rotatable bonds is 5. The van der Waals surface area contributed by atoms with Crippen LogP contribution in [0.15, 0.2) is 51.5 Å². The van der Waals surface area contributed by atoms with E-state index in [9.17, 15) is 4.79 Å². The van der Waals surface area contributed by atoms with Crippen molar-refractivity contribution >= 4 is 55.2 Å². The highest BCUT2D eigenvalue weighted by atomic mass is 79.9. The summed E-state index contributed by atoms with van der Waals surface area (Å²) in [6.45, 7) is 0.282. The van der Waals surface area contributed by atoms with Crippen LogP contribution in [0.5, 0.6) is 0 Å². The van der Waals surface area contributed by atoms with E-state index in [0.717, 1.165) is 25.3 Å². The van der Waals surface area contributed by atoms with Crippen LogP contribution in [0.25, 0.3) is 10.2 Å². The molecule has 0 atom stereocenters. The Morgan fingerprint density at radius 2 is 2.05 bits per heavy atom. The summed E-state index contributed by atoms with van der Waals surface area (Å²) in [6, 6.07) is 9.65. The van der Waals surface area contributed by atoms with E-state index in [0.29, 0.717) is 0 Å². The number of benzene rings is 1. The lowest BCUT2D eigenvalue weighted by Gasteiger charge is -2.05. The molecule has 4 nitrogen and oxygen atoms in total. The van der Waals surface area contributed by atoms with Crippen molar-refractivity contribution in [2.24, 2.45) is 0 Å². The number of thioether (sulfide) groups is 1. The molecule has 0 saturated heterocycles. The highest BCUT2D eigenvalue weighted by Crippen LogP contribution is 2.27. The van der Waals surface area contributed by atoms with Crippen molar-refractivity contribution in [1.82, 2.24) is 9.97 Å². The smallest absolute Gasteiger partial charge is 0.316 e. The molecule has 0 aliphatic rings. The van der Waals surface area contributed by atoms with Crippen molar-refractivity contribution in [3.63, 3.8) is 0 Å². The van der Waals surface area contributed by atoms with Gasteiger partial charge in [-0.25, -0.2) is 9.97 Å². The molecule has 1 aromatic carbocycles. The number of ether oxygens (including phenoxy) is 1. The Labute approximate surface area is 144 Å². The second-order valence-electron chi connectivity index (χ2n) is 4.39. The molecule has 0 fully saturated rings. The van der Waals surface area contributed by atoms with E-state index in [1.807, 2.05) is 35.7 Å². The van der Waals surface area contributed by atoms with Gasteiger partial charge < -0.3 is 4.74 Å². The molecule has 3 rings (SSSR count). The van der Waals surface area contributed by atoms with Gasteiger partial charge in [0.2, 0.25) is 0 Å². The van der Waals surface area contributed by atoms with Crippen molar-refractivity contribution in [2.75, 3.05) is 5.75 Å². The molecule has 0 N–H and O–H groups in total. The molecule has 0 saturated carbocycles. The summed E-state index contributed by atoms with van der Waals surface area (Å²) < 4.78 is 6.27. The Morgan fingerprint density at radius 1 is 1.23 bits per heavy atom. The lowest BCUT2D eigenvalue weighted by Crippen LogP contribution is -2.07. The van der Waals surface area contributed by atoms with Gasteiger partial charge in [0, 0.05) is 9.86 Å². The fourth-order valence-electron chi connectivity index (χ4n) is 1.80. The monoisotopic (exact) mass is 394 g/mol. The van der Waals surface area contributed by atoms with Crippen LogP contribution in [0, 0.1) is 0 Å². The summed E-state index contributed by atoms with van der Waals surface area (Å²) in [5.74, 6) is -0.0201. The van der Waals surface area contributed by atoms with E-state index < -0.39 is 0 Å². The fraction of sp³-hybridized carbons (Fsp3) is 0.133. The van der Waals surface area contributed by atoms with Crippen molar-refractivity contribution < 1.29 is 9.53 Å². The zero-order valence-electron chi connectivity index (χ0n) is 11.4. The van der Waals surface area contributed by atoms with Gasteiger partial charge in [0.1, 0.15) is 22.8 Å². The number of halogens is 1. The number of nitrogens with zero attached hydrogens (tertiary/aromatic N) is 2. The molecule has 22 heavy (non-hydrogen) atoms. The lowest BCUT2D eigenvalue weighted by atomic mass is 10.2. The highest BCUT2D eigenvalue weighted by molar-refractivity contribution is 9.10. The van der Waals surface area contributed by atoms with E-state index in [-0.39, 0.29) is 18.3 Å². The van der Waals surface area contributed by atoms with Gasteiger partial charge in [0.25, 0.3) is 0 Å². The number of aromatic nitrogens is 2. The van der Waals surface area contributed by atoms with Crippen LogP contribution < -0.4 is 0 Å². The Hall–Kier alpha value is -1.44. The topological polar surface area (TPSA) is 52.1 Å². The normalized spacial score (nSPS) is 10.8. The molecule has 112 valence electrons. The molecule has 0 aliphatic carbocycles. The quantitative estimate of drug-likeness (QED) is 0.367. The van der Waals surface area contributed by atoms with Gasteiger partial charge in [0.05, 0.1) is 5.75 Å². The number of thiophene rings is 1. The van der Waals surface area contributed by atoms with Gasteiger partial charge in [-0.1, -0.05) is 39.8 Å². The number of carbonyl (C=O) groups is 1. The third-order valence-electron chi connectivity index (χ3n) is 2.86. The van der Waals surface area contributed by atoms with Gasteiger partial charge in [-0.15, -0.1) is 11.3 Å². The molecule has 0 aliphatic heterocycles. The first-order valence-electron chi connectivity index (χ1n) is 6.43. The Balaban J connectivity index is 1.54. The number of carbonyl (C=O) groups excluding carboxylic acids is 1. The van der Waals surface area contributed by atoms with Crippen LogP contribution >= 0.6 is 39.0 Å². The molecular weight excluding hydrogens is 384 g/mol. The third-order valence-corrected chi connectivity index (χ3v) is 5.19. The minimum Gasteiger partial charge on any atom is -0.460 e. The second-order valence-corrected chi connectivity index (χ2v) is 7.17. The van der Waals surface area contributed by atoms with Crippen molar-refractivity contribution in [3.05, 3.63) is 52.1 Å². The van der Waals surface area contributed by atoms with E-state index in [1.165, 1.54) is 18.1 Å².